The lowest BCUT2D eigenvalue weighted by atomic mass is 10.3. The van der Waals surface area contributed by atoms with Gasteiger partial charge in [0.15, 0.2) is 60.7 Å². The zero-order chi connectivity index (χ0) is 62.4. The van der Waals surface area contributed by atoms with E-state index >= 15 is 0 Å². The molecule has 0 spiro atoms. The van der Waals surface area contributed by atoms with Crippen LogP contribution in [0.3, 0.4) is 0 Å². The summed E-state index contributed by atoms with van der Waals surface area (Å²) < 4.78 is 24.6. The van der Waals surface area contributed by atoms with Gasteiger partial charge in [-0.05, 0) is 69.5 Å². The molecule has 0 atom stereocenters. The first-order valence-electron chi connectivity index (χ1n) is 31.9. The molecule has 5 N–H and O–H groups in total. The van der Waals surface area contributed by atoms with Crippen molar-refractivity contribution in [1.82, 2.24) is 78.5 Å². The molecule has 8 aromatic rings. The van der Waals surface area contributed by atoms with Gasteiger partial charge >= 0.3 is 0 Å². The molecular weight excluding hydrogens is 1260 g/mol. The molecule has 8 aromatic heterocycles. The minimum Gasteiger partial charge on any atom is -0.368 e. The molecule has 2 fully saturated rings. The fourth-order valence-electron chi connectivity index (χ4n) is 8.80. The second kappa shape index (κ2) is 34.0. The van der Waals surface area contributed by atoms with Gasteiger partial charge in [-0.25, -0.2) is 59.8 Å². The molecule has 2 aliphatic rings. The van der Waals surface area contributed by atoms with Crippen LogP contribution in [0.25, 0.3) is 44.7 Å². The second-order valence-electron chi connectivity index (χ2n) is 26.4. The summed E-state index contributed by atoms with van der Waals surface area (Å²) in [5.41, 5.74) is 6.79. The number of unbranched alkanes of at least 4 members (excludes halogenated alkanes) is 4. The first kappa shape index (κ1) is 69.1. The standard InChI is InChI=1S/C18H31N5OSi.C15H26IN5OSi.C15H27N5OSi.C12H17N5/c1-5-6-9-19-16-15-18(21-12-20-16)23(17(22-15)14-7-8-14)13-24-10-11-25(2,3)4;1-5-6-7-17-13-12-14(19-10-18-13)21(15(16)20-12)11-22-8-9-23(2,3)4;1-5-6-7-16-14-13-15(18-10-17-14)20(11-19-13)12-21-8-9-22(2,3)4;1-2-3-6-13-11-9-12(15-7-14-11)17-10(16-9)8-4-5-8/h12,14H,5-11,13H2,1-4H3,(H,19,20,21);10H,5-9,11H2,1-4H3,(H,17,18,19);10-11H,5-9,12H2,1-4H3,(H,16,17,18);7-8H,2-6H2,1H3,(H2,13,14,15,16,17). The number of imidazole rings is 4. The Labute approximate surface area is 532 Å². The molecule has 10 rings (SSSR count). The van der Waals surface area contributed by atoms with E-state index in [-0.39, 0.29) is 0 Å². The number of ether oxygens (including phenoxy) is 3. The highest BCUT2D eigenvalue weighted by molar-refractivity contribution is 14.1. The van der Waals surface area contributed by atoms with Crippen LogP contribution in [-0.2, 0) is 34.4 Å². The van der Waals surface area contributed by atoms with E-state index in [1.165, 1.54) is 44.2 Å². The zero-order valence-electron chi connectivity index (χ0n) is 54.5. The fraction of sp³-hybridized carbons (Fsp3) is 0.667. The molecule has 0 bridgehead atoms. The van der Waals surface area contributed by atoms with Crippen molar-refractivity contribution in [3.05, 3.63) is 47.1 Å². The second-order valence-corrected chi connectivity index (χ2v) is 44.2. The van der Waals surface area contributed by atoms with Crippen LogP contribution < -0.4 is 21.3 Å². The van der Waals surface area contributed by atoms with Crippen molar-refractivity contribution >= 4 is 115 Å². The van der Waals surface area contributed by atoms with E-state index in [0.717, 1.165) is 180 Å². The Kier molecular flexibility index (Phi) is 27.0. The van der Waals surface area contributed by atoms with E-state index < -0.39 is 24.2 Å². The van der Waals surface area contributed by atoms with Crippen molar-refractivity contribution < 1.29 is 14.2 Å². The first-order chi connectivity index (χ1) is 41.8. The summed E-state index contributed by atoms with van der Waals surface area (Å²) in [5.74, 6) is 6.69. The molecule has 0 amide bonds. The number of anilines is 4. The molecule has 0 unspecified atom stereocenters. The van der Waals surface area contributed by atoms with Crippen LogP contribution in [0, 0.1) is 3.83 Å². The van der Waals surface area contributed by atoms with Crippen LogP contribution >= 0.6 is 22.6 Å². The van der Waals surface area contributed by atoms with E-state index in [2.05, 4.69) is 195 Å². The smallest absolute Gasteiger partial charge is 0.183 e. The average Bonchev–Trinajstić information content (AvgIpc) is 2.20. The summed E-state index contributed by atoms with van der Waals surface area (Å²) in [6.45, 7) is 37.5. The van der Waals surface area contributed by atoms with Crippen LogP contribution in [-0.4, -0.2) is 149 Å². The third-order valence-corrected chi connectivity index (χ3v) is 20.5. The van der Waals surface area contributed by atoms with Crippen molar-refractivity contribution in [2.24, 2.45) is 0 Å². The maximum atomic E-state index is 6.00. The van der Waals surface area contributed by atoms with Gasteiger partial charge in [0.05, 0.1) is 6.33 Å². The van der Waals surface area contributed by atoms with E-state index in [0.29, 0.717) is 32.0 Å². The van der Waals surface area contributed by atoms with Crippen molar-refractivity contribution in [3.63, 3.8) is 0 Å². The van der Waals surface area contributed by atoms with Crippen LogP contribution in [0.4, 0.5) is 23.3 Å². The molecule has 478 valence electrons. The number of hydrogen-bond acceptors (Lipinski definition) is 19. The number of fused-ring (bicyclic) bond motifs is 4. The lowest BCUT2D eigenvalue weighted by Gasteiger charge is -2.16. The summed E-state index contributed by atoms with van der Waals surface area (Å²) in [5, 5.41) is 13.4. The number of rotatable bonds is 33. The quantitative estimate of drug-likeness (QED) is 0.0111. The summed E-state index contributed by atoms with van der Waals surface area (Å²) in [6.07, 6.45) is 22.2. The molecule has 27 heteroatoms. The van der Waals surface area contributed by atoms with Crippen LogP contribution in [0.2, 0.25) is 77.1 Å². The summed E-state index contributed by atoms with van der Waals surface area (Å²) in [4.78, 5) is 56.5. The molecule has 0 saturated heterocycles. The minimum atomic E-state index is -1.07. The average molecular weight is 1360 g/mol. The highest BCUT2D eigenvalue weighted by atomic mass is 127. The molecule has 8 heterocycles. The van der Waals surface area contributed by atoms with Gasteiger partial charge in [0.2, 0.25) is 0 Å². The van der Waals surface area contributed by atoms with Crippen LogP contribution in [0.1, 0.15) is 128 Å². The largest absolute Gasteiger partial charge is 0.368 e. The van der Waals surface area contributed by atoms with Gasteiger partial charge in [0, 0.05) is 105 Å². The SMILES string of the molecule is CCCCNc1ncnc2c1nc(C1CC1)n2COCC[Si](C)(C)C.CCCCNc1ncnc2c1nc(I)n2COCC[Si](C)(C)C.CCCCNc1ncnc2c1ncn2COCC[Si](C)(C)C.CCCCNc1ncnc2nc(C3CC3)[nH]c12. The van der Waals surface area contributed by atoms with Crippen molar-refractivity contribution in [2.45, 2.75) is 214 Å². The molecule has 2 aliphatic carbocycles. The van der Waals surface area contributed by atoms with Crippen molar-refractivity contribution in [2.75, 3.05) is 67.3 Å². The minimum absolute atomic E-state index is 0.491. The predicted octanol–water partition coefficient (Wildman–Crippen LogP) is 14.0. The Balaban J connectivity index is 0.000000167. The van der Waals surface area contributed by atoms with Crippen LogP contribution in [0.15, 0.2) is 31.6 Å². The normalized spacial score (nSPS) is 13.5. The van der Waals surface area contributed by atoms with E-state index in [1.807, 2.05) is 9.13 Å². The number of nitrogens with one attached hydrogen (secondary N) is 5. The third-order valence-electron chi connectivity index (χ3n) is 14.6. The third kappa shape index (κ3) is 22.3. The first-order valence-corrected chi connectivity index (χ1v) is 44.1. The topological polar surface area (TPSA) is 261 Å². The Bertz CT molecular complexity index is 3330. The van der Waals surface area contributed by atoms with E-state index in [1.54, 1.807) is 31.6 Å². The van der Waals surface area contributed by atoms with E-state index in [9.17, 15) is 0 Å². The molecule has 2 saturated carbocycles. The van der Waals surface area contributed by atoms with Gasteiger partial charge in [-0.1, -0.05) is 112 Å². The Hall–Kier alpha value is -5.34. The van der Waals surface area contributed by atoms with Crippen molar-refractivity contribution in [1.29, 1.82) is 0 Å². The lowest BCUT2D eigenvalue weighted by molar-refractivity contribution is 0.0875. The van der Waals surface area contributed by atoms with Gasteiger partial charge in [-0.15, -0.1) is 0 Å². The Morgan fingerprint density at radius 1 is 0.483 bits per heavy atom. The molecule has 87 heavy (non-hydrogen) atoms. The number of H-pyrrole nitrogens is 1. The monoisotopic (exact) mass is 1360 g/mol. The van der Waals surface area contributed by atoms with Gasteiger partial charge in [0.25, 0.3) is 0 Å². The Morgan fingerprint density at radius 3 is 1.40 bits per heavy atom. The van der Waals surface area contributed by atoms with E-state index in [4.69, 9.17) is 19.2 Å². The highest BCUT2D eigenvalue weighted by Gasteiger charge is 2.31. The predicted molar refractivity (Wildman–Crippen MR) is 370 cm³/mol. The van der Waals surface area contributed by atoms with Gasteiger partial charge in [-0.3, -0.25) is 13.7 Å². The summed E-state index contributed by atoms with van der Waals surface area (Å²) in [7, 11) is -3.18. The van der Waals surface area contributed by atoms with Crippen molar-refractivity contribution in [3.8, 4) is 0 Å². The number of aromatic amines is 1. The molecule has 0 radical (unpaired) electrons. The summed E-state index contributed by atoms with van der Waals surface area (Å²) in [6, 6.07) is 3.50. The number of hydrogen-bond donors (Lipinski definition) is 5. The molecule has 23 nitrogen and oxygen atoms in total. The molecular formula is C60H101IN20O3Si3. The zero-order valence-corrected chi connectivity index (χ0v) is 59.7. The maximum absolute atomic E-state index is 6.00. The van der Waals surface area contributed by atoms with Crippen LogP contribution in [0.5, 0.6) is 0 Å². The molecule has 0 aromatic carbocycles. The van der Waals surface area contributed by atoms with Gasteiger partial charge < -0.3 is 40.5 Å². The van der Waals surface area contributed by atoms with Gasteiger partial charge in [0.1, 0.15) is 68.2 Å². The molecule has 0 aliphatic heterocycles. The number of nitrogens with zero attached hydrogens (tertiary/aromatic N) is 15. The maximum Gasteiger partial charge on any atom is 0.183 e. The number of aromatic nitrogens is 16. The number of halogens is 1. The Morgan fingerprint density at radius 2 is 0.908 bits per heavy atom. The fourth-order valence-corrected chi connectivity index (χ4v) is 11.7. The lowest BCUT2D eigenvalue weighted by Crippen LogP contribution is -2.22. The van der Waals surface area contributed by atoms with Gasteiger partial charge in [-0.2, -0.15) is 0 Å². The summed E-state index contributed by atoms with van der Waals surface area (Å²) >= 11 is 2.23. The highest BCUT2D eigenvalue weighted by Crippen LogP contribution is 2.41.